The minimum absolute atomic E-state index is 0.971. The van der Waals surface area contributed by atoms with Crippen molar-refractivity contribution < 1.29 is 0 Å². The summed E-state index contributed by atoms with van der Waals surface area (Å²) in [4.78, 5) is 4.34. The van der Waals surface area contributed by atoms with E-state index in [1.165, 1.54) is 5.56 Å². The minimum atomic E-state index is 0.971. The molecule has 2 aromatic rings. The Balaban J connectivity index is 2.45. The van der Waals surface area contributed by atoms with Crippen LogP contribution in [0.25, 0.3) is 10.6 Å². The Morgan fingerprint density at radius 1 is 1.25 bits per heavy atom. The molecule has 0 saturated heterocycles. The molecule has 0 unspecified atom stereocenters. The van der Waals surface area contributed by atoms with E-state index in [-0.39, 0.29) is 0 Å². The zero-order valence-corrected chi connectivity index (χ0v) is 7.56. The van der Waals surface area contributed by atoms with Crippen molar-refractivity contribution in [2.24, 2.45) is 0 Å². The zero-order valence-electron chi connectivity index (χ0n) is 6.74. The number of aryl methyl sites for hydroxylation is 1. The fraction of sp³-hybridized carbons (Fsp3) is 0.100. The van der Waals surface area contributed by atoms with Crippen LogP contribution in [0.3, 0.4) is 0 Å². The highest BCUT2D eigenvalue weighted by Gasteiger charge is 1.99. The monoisotopic (exact) mass is 174 g/mol. The van der Waals surface area contributed by atoms with E-state index in [2.05, 4.69) is 22.5 Å². The van der Waals surface area contributed by atoms with Gasteiger partial charge in [0.25, 0.3) is 0 Å². The predicted molar refractivity (Wildman–Crippen MR) is 51.1 cm³/mol. The van der Waals surface area contributed by atoms with Crippen LogP contribution in [-0.2, 0) is 0 Å². The SMILES string of the molecule is Cc1[c]sc(-c2ccccc2)n1. The van der Waals surface area contributed by atoms with Crippen LogP contribution in [-0.4, -0.2) is 4.98 Å². The maximum atomic E-state index is 4.34. The summed E-state index contributed by atoms with van der Waals surface area (Å²) in [5.74, 6) is 0. The summed E-state index contributed by atoms with van der Waals surface area (Å²) >= 11 is 1.57. The van der Waals surface area contributed by atoms with E-state index in [9.17, 15) is 0 Å². The lowest BCUT2D eigenvalue weighted by molar-refractivity contribution is 1.26. The van der Waals surface area contributed by atoms with Gasteiger partial charge >= 0.3 is 0 Å². The van der Waals surface area contributed by atoms with Crippen LogP contribution < -0.4 is 0 Å². The van der Waals surface area contributed by atoms with Crippen molar-refractivity contribution in [1.82, 2.24) is 4.98 Å². The second-order valence-corrected chi connectivity index (χ2v) is 3.37. The van der Waals surface area contributed by atoms with Crippen LogP contribution in [0.1, 0.15) is 5.69 Å². The van der Waals surface area contributed by atoms with E-state index in [1.54, 1.807) is 11.3 Å². The first kappa shape index (κ1) is 7.50. The summed E-state index contributed by atoms with van der Waals surface area (Å²) < 4.78 is 0. The molecule has 12 heavy (non-hydrogen) atoms. The van der Waals surface area contributed by atoms with Crippen molar-refractivity contribution in [1.29, 1.82) is 0 Å². The molecule has 0 aliphatic carbocycles. The van der Waals surface area contributed by atoms with Crippen LogP contribution in [0.5, 0.6) is 0 Å². The second-order valence-electron chi connectivity index (χ2n) is 2.57. The minimum Gasteiger partial charge on any atom is -0.241 e. The number of nitrogens with zero attached hydrogens (tertiary/aromatic N) is 1. The highest BCUT2D eigenvalue weighted by atomic mass is 32.1. The van der Waals surface area contributed by atoms with Crippen LogP contribution >= 0.6 is 11.3 Å². The fourth-order valence-corrected chi connectivity index (χ4v) is 1.75. The van der Waals surface area contributed by atoms with Crippen molar-refractivity contribution in [3.05, 3.63) is 41.4 Å². The summed E-state index contributed by atoms with van der Waals surface area (Å²) in [5.41, 5.74) is 2.14. The Hall–Kier alpha value is -1.15. The molecule has 0 atom stereocenters. The molecule has 1 nitrogen and oxygen atoms in total. The first-order valence-corrected chi connectivity index (χ1v) is 4.58. The van der Waals surface area contributed by atoms with Gasteiger partial charge < -0.3 is 0 Å². The standard InChI is InChI=1S/C10H8NS/c1-8-7-12-10(11-8)9-5-3-2-4-6-9/h2-6H,1H3. The first-order chi connectivity index (χ1) is 5.86. The highest BCUT2D eigenvalue weighted by Crippen LogP contribution is 2.21. The molecular formula is C10H8NS. The lowest BCUT2D eigenvalue weighted by atomic mass is 10.2. The molecular weight excluding hydrogens is 166 g/mol. The van der Waals surface area contributed by atoms with Crippen LogP contribution in [0.15, 0.2) is 30.3 Å². The Bertz CT molecular complexity index is 364. The van der Waals surface area contributed by atoms with Gasteiger partial charge in [0.05, 0.1) is 11.1 Å². The lowest BCUT2D eigenvalue weighted by Gasteiger charge is -1.92. The second kappa shape index (κ2) is 3.07. The normalized spacial score (nSPS) is 10.1. The third kappa shape index (κ3) is 1.38. The van der Waals surface area contributed by atoms with E-state index in [4.69, 9.17) is 0 Å². The zero-order chi connectivity index (χ0) is 8.39. The summed E-state index contributed by atoms with van der Waals surface area (Å²) in [6, 6.07) is 10.2. The molecule has 0 aliphatic heterocycles. The van der Waals surface area contributed by atoms with Gasteiger partial charge in [-0.25, -0.2) is 4.98 Å². The molecule has 1 aromatic heterocycles. The van der Waals surface area contributed by atoms with Crippen molar-refractivity contribution >= 4 is 11.3 Å². The molecule has 59 valence electrons. The van der Waals surface area contributed by atoms with Gasteiger partial charge in [-0.05, 0) is 6.92 Å². The van der Waals surface area contributed by atoms with E-state index < -0.39 is 0 Å². The highest BCUT2D eigenvalue weighted by molar-refractivity contribution is 7.12. The maximum absolute atomic E-state index is 4.34. The summed E-state index contributed by atoms with van der Waals surface area (Å²) in [6.07, 6.45) is 0. The van der Waals surface area contributed by atoms with Crippen molar-refractivity contribution in [2.45, 2.75) is 6.92 Å². The summed E-state index contributed by atoms with van der Waals surface area (Å²) in [7, 11) is 0. The van der Waals surface area contributed by atoms with Crippen molar-refractivity contribution in [2.75, 3.05) is 0 Å². The number of aromatic nitrogens is 1. The smallest absolute Gasteiger partial charge is 0.124 e. The maximum Gasteiger partial charge on any atom is 0.124 e. The molecule has 0 spiro atoms. The Labute approximate surface area is 75.7 Å². The average molecular weight is 174 g/mol. The molecule has 0 bridgehead atoms. The number of benzene rings is 1. The molecule has 0 N–H and O–H groups in total. The Kier molecular flexibility index (Phi) is 1.92. The van der Waals surface area contributed by atoms with Gasteiger partial charge in [-0.15, -0.1) is 11.3 Å². The third-order valence-electron chi connectivity index (χ3n) is 1.59. The number of rotatable bonds is 1. The molecule has 1 radical (unpaired) electrons. The Morgan fingerprint density at radius 3 is 2.58 bits per heavy atom. The third-order valence-corrected chi connectivity index (χ3v) is 2.50. The number of thiazole rings is 1. The van der Waals surface area contributed by atoms with Gasteiger partial charge in [0.1, 0.15) is 5.01 Å². The van der Waals surface area contributed by atoms with Gasteiger partial charge in [0.15, 0.2) is 0 Å². The van der Waals surface area contributed by atoms with E-state index in [0.29, 0.717) is 0 Å². The van der Waals surface area contributed by atoms with Gasteiger partial charge in [-0.2, -0.15) is 0 Å². The molecule has 0 fully saturated rings. The average Bonchev–Trinajstić information content (AvgIpc) is 2.54. The molecule has 2 rings (SSSR count). The summed E-state index contributed by atoms with van der Waals surface area (Å²) in [5, 5.41) is 4.15. The van der Waals surface area contributed by atoms with Crippen molar-refractivity contribution in [3.8, 4) is 10.6 Å². The lowest BCUT2D eigenvalue weighted by Crippen LogP contribution is -1.74. The van der Waals surface area contributed by atoms with Crippen LogP contribution in [0, 0.1) is 12.3 Å². The molecule has 0 saturated carbocycles. The van der Waals surface area contributed by atoms with Gasteiger partial charge in [-0.3, -0.25) is 0 Å². The van der Waals surface area contributed by atoms with E-state index in [0.717, 1.165) is 10.7 Å². The molecule has 1 heterocycles. The number of hydrogen-bond acceptors (Lipinski definition) is 2. The molecule has 2 heteroatoms. The van der Waals surface area contributed by atoms with Gasteiger partial charge in [0, 0.05) is 5.56 Å². The topological polar surface area (TPSA) is 12.9 Å². The van der Waals surface area contributed by atoms with E-state index >= 15 is 0 Å². The van der Waals surface area contributed by atoms with Crippen LogP contribution in [0.2, 0.25) is 0 Å². The van der Waals surface area contributed by atoms with Crippen molar-refractivity contribution in [3.63, 3.8) is 0 Å². The van der Waals surface area contributed by atoms with Crippen LogP contribution in [0.4, 0.5) is 0 Å². The Morgan fingerprint density at radius 2 is 2.00 bits per heavy atom. The molecule has 0 amide bonds. The summed E-state index contributed by atoms with van der Waals surface area (Å²) in [6.45, 7) is 1.96. The fourth-order valence-electron chi connectivity index (χ4n) is 1.02. The van der Waals surface area contributed by atoms with Gasteiger partial charge in [0.2, 0.25) is 0 Å². The first-order valence-electron chi connectivity index (χ1n) is 3.77. The molecule has 1 aromatic carbocycles. The number of hydrogen-bond donors (Lipinski definition) is 0. The largest absolute Gasteiger partial charge is 0.241 e. The van der Waals surface area contributed by atoms with E-state index in [1.807, 2.05) is 25.1 Å². The van der Waals surface area contributed by atoms with Gasteiger partial charge in [-0.1, -0.05) is 30.3 Å². The quantitative estimate of drug-likeness (QED) is 0.647. The predicted octanol–water partition coefficient (Wildman–Crippen LogP) is 2.92. The molecule has 0 aliphatic rings.